The summed E-state index contributed by atoms with van der Waals surface area (Å²) >= 11 is 0. The Morgan fingerprint density at radius 2 is 0.750 bits per heavy atom. The zero-order valence-electron chi connectivity index (χ0n) is 45.6. The van der Waals surface area contributed by atoms with Crippen molar-refractivity contribution in [2.24, 2.45) is 0 Å². The molecule has 0 bridgehead atoms. The largest absolute Gasteiger partial charge is 0.466 e. The van der Waals surface area contributed by atoms with Gasteiger partial charge in [-0.05, 0) is 77.0 Å². The van der Waals surface area contributed by atoms with Crippen LogP contribution in [-0.4, -0.2) is 47.4 Å². The standard InChI is InChI=1S/C62H117NO5/c1-3-5-7-9-11-13-34-38-42-46-50-54-60(65)59(58-64)63-61(66)55-51-47-43-39-36-32-30-28-26-24-22-20-18-16-15-17-19-21-23-25-27-29-31-33-37-41-45-49-53-57-68-62(67)56-52-48-44-40-35-14-12-10-8-6-4-2/h10,12,15,17,21,23,59-60,64-65H,3-9,11,13-14,16,18-20,22,24-58H2,1-2H3,(H,63,66)/b12-10-,17-15-,23-21-. The van der Waals surface area contributed by atoms with Crippen LogP contribution in [0.3, 0.4) is 0 Å². The number of unbranched alkanes of at least 4 members (excludes halogenated alkanes) is 39. The van der Waals surface area contributed by atoms with Crippen LogP contribution in [0.15, 0.2) is 36.5 Å². The first-order valence-corrected chi connectivity index (χ1v) is 30.2. The Morgan fingerprint density at radius 3 is 1.18 bits per heavy atom. The van der Waals surface area contributed by atoms with Crippen molar-refractivity contribution < 1.29 is 24.5 Å². The van der Waals surface area contributed by atoms with Gasteiger partial charge in [0.2, 0.25) is 5.91 Å². The number of aliphatic hydroxyl groups excluding tert-OH is 2. The monoisotopic (exact) mass is 956 g/mol. The Kier molecular flexibility index (Phi) is 56.0. The molecule has 2 unspecified atom stereocenters. The van der Waals surface area contributed by atoms with Gasteiger partial charge < -0.3 is 20.3 Å². The lowest BCUT2D eigenvalue weighted by molar-refractivity contribution is -0.143. The van der Waals surface area contributed by atoms with Gasteiger partial charge in [-0.25, -0.2) is 0 Å². The molecular weight excluding hydrogens is 839 g/mol. The fourth-order valence-electron chi connectivity index (χ4n) is 9.24. The first-order valence-electron chi connectivity index (χ1n) is 30.2. The van der Waals surface area contributed by atoms with E-state index in [0.29, 0.717) is 25.9 Å². The molecule has 1 amide bonds. The van der Waals surface area contributed by atoms with Crippen molar-refractivity contribution in [3.05, 3.63) is 36.5 Å². The molecule has 0 saturated carbocycles. The second-order valence-electron chi connectivity index (χ2n) is 20.7. The Hall–Kier alpha value is -1.92. The van der Waals surface area contributed by atoms with E-state index in [1.165, 1.54) is 238 Å². The number of carbonyl (C=O) groups excluding carboxylic acids is 2. The zero-order valence-corrected chi connectivity index (χ0v) is 45.6. The van der Waals surface area contributed by atoms with Crippen molar-refractivity contribution >= 4 is 11.9 Å². The lowest BCUT2D eigenvalue weighted by atomic mass is 10.0. The summed E-state index contributed by atoms with van der Waals surface area (Å²) in [6, 6.07) is -0.541. The number of nitrogens with one attached hydrogen (secondary N) is 1. The average Bonchev–Trinajstić information content (AvgIpc) is 3.34. The van der Waals surface area contributed by atoms with Crippen molar-refractivity contribution in [3.63, 3.8) is 0 Å². The lowest BCUT2D eigenvalue weighted by Crippen LogP contribution is -2.45. The number of carbonyl (C=O) groups is 2. The molecule has 0 aliphatic heterocycles. The first kappa shape index (κ1) is 66.1. The van der Waals surface area contributed by atoms with E-state index in [2.05, 4.69) is 55.6 Å². The number of amides is 1. The second kappa shape index (κ2) is 57.7. The van der Waals surface area contributed by atoms with Crippen molar-refractivity contribution in [1.82, 2.24) is 5.32 Å². The maximum absolute atomic E-state index is 12.4. The normalized spacial score (nSPS) is 12.8. The molecule has 6 nitrogen and oxygen atoms in total. The molecule has 3 N–H and O–H groups in total. The minimum absolute atomic E-state index is 0.000607. The van der Waals surface area contributed by atoms with Crippen LogP contribution in [0.25, 0.3) is 0 Å². The Labute approximate surface area is 424 Å². The summed E-state index contributed by atoms with van der Waals surface area (Å²) in [6.07, 6.45) is 71.6. The molecule has 0 aliphatic carbocycles. The van der Waals surface area contributed by atoms with E-state index >= 15 is 0 Å². The van der Waals surface area contributed by atoms with E-state index in [1.54, 1.807) is 0 Å². The van der Waals surface area contributed by atoms with Crippen LogP contribution in [0.1, 0.15) is 322 Å². The van der Waals surface area contributed by atoms with Gasteiger partial charge >= 0.3 is 5.97 Å². The van der Waals surface area contributed by atoms with Crippen molar-refractivity contribution in [2.45, 2.75) is 334 Å². The predicted molar refractivity (Wildman–Crippen MR) is 296 cm³/mol. The summed E-state index contributed by atoms with van der Waals surface area (Å²) in [4.78, 5) is 24.4. The summed E-state index contributed by atoms with van der Waals surface area (Å²) in [5.41, 5.74) is 0. The molecule has 0 fully saturated rings. The molecule has 0 aromatic rings. The minimum atomic E-state index is -0.663. The molecule has 0 aromatic heterocycles. The summed E-state index contributed by atoms with van der Waals surface area (Å²) in [5.74, 6) is -0.0359. The van der Waals surface area contributed by atoms with Gasteiger partial charge in [0.1, 0.15) is 0 Å². The number of hydrogen-bond donors (Lipinski definition) is 3. The highest BCUT2D eigenvalue weighted by atomic mass is 16.5. The topological polar surface area (TPSA) is 95.9 Å². The number of allylic oxidation sites excluding steroid dienone is 6. The first-order chi connectivity index (χ1) is 33.5. The van der Waals surface area contributed by atoms with E-state index in [1.807, 2.05) is 0 Å². The number of hydrogen-bond acceptors (Lipinski definition) is 5. The molecule has 2 atom stereocenters. The number of aliphatic hydroxyl groups is 2. The molecule has 0 spiro atoms. The Balaban J connectivity index is 3.40. The second-order valence-corrected chi connectivity index (χ2v) is 20.7. The van der Waals surface area contributed by atoms with Crippen LogP contribution in [0.4, 0.5) is 0 Å². The molecule has 0 radical (unpaired) electrons. The molecule has 400 valence electrons. The predicted octanol–water partition coefficient (Wildman–Crippen LogP) is 18.8. The van der Waals surface area contributed by atoms with E-state index in [4.69, 9.17) is 4.74 Å². The summed E-state index contributed by atoms with van der Waals surface area (Å²) in [7, 11) is 0. The van der Waals surface area contributed by atoms with E-state index < -0.39 is 12.1 Å². The molecular formula is C62H117NO5. The van der Waals surface area contributed by atoms with E-state index in [-0.39, 0.29) is 18.5 Å². The van der Waals surface area contributed by atoms with Crippen LogP contribution >= 0.6 is 0 Å². The number of rotatable bonds is 56. The quantitative estimate of drug-likeness (QED) is 0.0321. The van der Waals surface area contributed by atoms with Gasteiger partial charge in [-0.2, -0.15) is 0 Å². The Morgan fingerprint density at radius 1 is 0.412 bits per heavy atom. The highest BCUT2D eigenvalue weighted by molar-refractivity contribution is 5.76. The van der Waals surface area contributed by atoms with Crippen molar-refractivity contribution in [1.29, 1.82) is 0 Å². The molecule has 0 saturated heterocycles. The van der Waals surface area contributed by atoms with Gasteiger partial charge in [-0.1, -0.05) is 269 Å². The molecule has 0 aromatic carbocycles. The zero-order chi connectivity index (χ0) is 49.3. The van der Waals surface area contributed by atoms with Gasteiger partial charge in [0.15, 0.2) is 0 Å². The van der Waals surface area contributed by atoms with Crippen molar-refractivity contribution in [2.75, 3.05) is 13.2 Å². The third-order valence-corrected chi connectivity index (χ3v) is 13.9. The molecule has 0 rings (SSSR count). The van der Waals surface area contributed by atoms with Crippen LogP contribution in [0.2, 0.25) is 0 Å². The summed E-state index contributed by atoms with van der Waals surface area (Å²) in [6.45, 7) is 4.91. The fourth-order valence-corrected chi connectivity index (χ4v) is 9.24. The van der Waals surface area contributed by atoms with E-state index in [9.17, 15) is 19.8 Å². The van der Waals surface area contributed by atoms with Crippen LogP contribution in [0.5, 0.6) is 0 Å². The fraction of sp³-hybridized carbons (Fsp3) is 0.871. The molecule has 0 heterocycles. The number of esters is 1. The van der Waals surface area contributed by atoms with Gasteiger partial charge in [-0.15, -0.1) is 0 Å². The molecule has 0 aliphatic rings. The molecule has 68 heavy (non-hydrogen) atoms. The van der Waals surface area contributed by atoms with Crippen LogP contribution in [-0.2, 0) is 14.3 Å². The third-order valence-electron chi connectivity index (χ3n) is 13.9. The highest BCUT2D eigenvalue weighted by Crippen LogP contribution is 2.17. The number of ether oxygens (including phenoxy) is 1. The third kappa shape index (κ3) is 53.4. The Bertz CT molecular complexity index is 1100. The van der Waals surface area contributed by atoms with Crippen molar-refractivity contribution in [3.8, 4) is 0 Å². The van der Waals surface area contributed by atoms with Crippen LogP contribution < -0.4 is 5.32 Å². The van der Waals surface area contributed by atoms with E-state index in [0.717, 1.165) is 51.4 Å². The van der Waals surface area contributed by atoms with Gasteiger partial charge in [0.25, 0.3) is 0 Å². The maximum Gasteiger partial charge on any atom is 0.305 e. The van der Waals surface area contributed by atoms with Crippen LogP contribution in [0, 0.1) is 0 Å². The van der Waals surface area contributed by atoms with Gasteiger partial charge in [0.05, 0.1) is 25.4 Å². The minimum Gasteiger partial charge on any atom is -0.466 e. The highest BCUT2D eigenvalue weighted by Gasteiger charge is 2.20. The smallest absolute Gasteiger partial charge is 0.305 e. The van der Waals surface area contributed by atoms with Gasteiger partial charge in [0, 0.05) is 12.8 Å². The summed E-state index contributed by atoms with van der Waals surface area (Å²) < 4.78 is 5.45. The SMILES string of the molecule is CCCC/C=C\CCCCCCCC(=O)OCCCCCCCCCCC/C=C\C/C=C\CCCCCCCCCCCCCCCC(=O)NC(CO)C(O)CCCCCCCCCCCCC. The van der Waals surface area contributed by atoms with Gasteiger partial charge in [-0.3, -0.25) is 9.59 Å². The lowest BCUT2D eigenvalue weighted by Gasteiger charge is -2.22. The molecule has 6 heteroatoms. The maximum atomic E-state index is 12.4. The average molecular weight is 957 g/mol. The summed E-state index contributed by atoms with van der Waals surface area (Å²) in [5, 5.41) is 23.2.